The van der Waals surface area contributed by atoms with Gasteiger partial charge in [0.1, 0.15) is 0 Å². The van der Waals surface area contributed by atoms with Gasteiger partial charge in [0, 0.05) is 23.5 Å². The molecular formula is C16H17F2NO3S. The molecule has 0 unspecified atom stereocenters. The number of hydrogen-bond acceptors (Lipinski definition) is 3. The molecule has 2 aliphatic rings. The Labute approximate surface area is 136 Å². The molecule has 1 saturated carbocycles. The van der Waals surface area contributed by atoms with Crippen LogP contribution in [0.3, 0.4) is 0 Å². The van der Waals surface area contributed by atoms with Crippen molar-refractivity contribution in [1.82, 2.24) is 4.90 Å². The fraction of sp³-hybridized carbons (Fsp3) is 0.500. The van der Waals surface area contributed by atoms with E-state index in [0.29, 0.717) is 35.2 Å². The Bertz CT molecular complexity index is 622. The molecular weight excluding hydrogens is 324 g/mol. The van der Waals surface area contributed by atoms with Crippen molar-refractivity contribution < 1.29 is 23.5 Å². The number of carboxylic acids is 1. The van der Waals surface area contributed by atoms with E-state index in [1.807, 2.05) is 0 Å². The molecule has 1 aromatic rings. The van der Waals surface area contributed by atoms with E-state index >= 15 is 0 Å². The number of alkyl halides is 2. The highest BCUT2D eigenvalue weighted by atomic mass is 32.2. The lowest BCUT2D eigenvalue weighted by Gasteiger charge is -2.23. The third kappa shape index (κ3) is 2.94. The van der Waals surface area contributed by atoms with Gasteiger partial charge in [0.15, 0.2) is 0 Å². The van der Waals surface area contributed by atoms with Crippen LogP contribution in [0.25, 0.3) is 0 Å². The Morgan fingerprint density at radius 2 is 2.00 bits per heavy atom. The van der Waals surface area contributed by atoms with E-state index in [4.69, 9.17) is 0 Å². The Balaban J connectivity index is 1.73. The Morgan fingerprint density at radius 1 is 1.30 bits per heavy atom. The number of thioether (sulfide) groups is 1. The summed E-state index contributed by atoms with van der Waals surface area (Å²) in [7, 11) is 0. The monoisotopic (exact) mass is 341 g/mol. The Kier molecular flexibility index (Phi) is 4.31. The van der Waals surface area contributed by atoms with Crippen molar-refractivity contribution in [3.05, 3.63) is 29.8 Å². The van der Waals surface area contributed by atoms with E-state index in [9.17, 15) is 23.5 Å². The topological polar surface area (TPSA) is 57.6 Å². The van der Waals surface area contributed by atoms with Crippen molar-refractivity contribution in [3.8, 4) is 0 Å². The summed E-state index contributed by atoms with van der Waals surface area (Å²) in [6.45, 7) is 0.692. The molecule has 0 aromatic heterocycles. The van der Waals surface area contributed by atoms with Crippen LogP contribution < -0.4 is 0 Å². The summed E-state index contributed by atoms with van der Waals surface area (Å²) in [5.41, 5.74) is -0.398. The lowest BCUT2D eigenvalue weighted by molar-refractivity contribution is -0.149. The van der Waals surface area contributed by atoms with Gasteiger partial charge in [-0.1, -0.05) is 18.2 Å². The number of carbonyl (C=O) groups excluding carboxylic acids is 1. The standard InChI is InChI=1S/C16H17F2NO3S/c17-15(18)23-12-5-3-10(4-6-12)13(20)19-8-11-2-1-7-16(11,9-19)14(21)22/h3-6,11,15H,1-2,7-9H2,(H,21,22)/t11-,16+/m0/s1. The first kappa shape index (κ1) is 16.2. The second kappa shape index (κ2) is 6.11. The SMILES string of the molecule is O=C(c1ccc(SC(F)F)cc1)N1C[C@@H]2CCC[C@@]2(C(=O)O)C1. The summed E-state index contributed by atoms with van der Waals surface area (Å²) in [6, 6.07) is 6.03. The van der Waals surface area contributed by atoms with Gasteiger partial charge in [-0.05, 0) is 43.0 Å². The van der Waals surface area contributed by atoms with E-state index < -0.39 is 17.1 Å². The molecule has 3 rings (SSSR count). The molecule has 124 valence electrons. The van der Waals surface area contributed by atoms with Crippen LogP contribution in [0, 0.1) is 11.3 Å². The first-order valence-corrected chi connectivity index (χ1v) is 8.38. The Morgan fingerprint density at radius 3 is 2.57 bits per heavy atom. The van der Waals surface area contributed by atoms with Gasteiger partial charge < -0.3 is 10.0 Å². The summed E-state index contributed by atoms with van der Waals surface area (Å²) in [5.74, 6) is -3.53. The zero-order valence-electron chi connectivity index (χ0n) is 12.4. The summed E-state index contributed by atoms with van der Waals surface area (Å²) in [6.07, 6.45) is 2.33. The van der Waals surface area contributed by atoms with Gasteiger partial charge >= 0.3 is 5.97 Å². The van der Waals surface area contributed by atoms with Gasteiger partial charge in [-0.3, -0.25) is 9.59 Å². The Hall–Kier alpha value is -1.63. The normalized spacial score (nSPS) is 26.6. The van der Waals surface area contributed by atoms with Crippen LogP contribution in [0.5, 0.6) is 0 Å². The number of halogens is 2. The van der Waals surface area contributed by atoms with Gasteiger partial charge in [0.05, 0.1) is 5.41 Å². The molecule has 1 aliphatic carbocycles. The fourth-order valence-corrected chi connectivity index (χ4v) is 4.25. The highest BCUT2D eigenvalue weighted by molar-refractivity contribution is 7.99. The second-order valence-electron chi connectivity index (χ2n) is 6.14. The maximum atomic E-state index is 12.6. The van der Waals surface area contributed by atoms with Crippen LogP contribution in [-0.4, -0.2) is 40.7 Å². The maximum absolute atomic E-state index is 12.6. The number of likely N-dealkylation sites (tertiary alicyclic amines) is 1. The van der Waals surface area contributed by atoms with Crippen LogP contribution >= 0.6 is 11.8 Å². The number of nitrogens with zero attached hydrogens (tertiary/aromatic N) is 1. The number of benzene rings is 1. The van der Waals surface area contributed by atoms with Gasteiger partial charge in [0.25, 0.3) is 11.7 Å². The lowest BCUT2D eigenvalue weighted by Crippen LogP contribution is -2.37. The first-order chi connectivity index (χ1) is 10.9. The number of fused-ring (bicyclic) bond motifs is 1. The van der Waals surface area contributed by atoms with Crippen LogP contribution in [0.1, 0.15) is 29.6 Å². The van der Waals surface area contributed by atoms with Crippen LogP contribution in [0.15, 0.2) is 29.2 Å². The summed E-state index contributed by atoms with van der Waals surface area (Å²) < 4.78 is 24.6. The molecule has 1 aliphatic heterocycles. The van der Waals surface area contributed by atoms with Crippen LogP contribution in [0.4, 0.5) is 8.78 Å². The quantitative estimate of drug-likeness (QED) is 0.854. The molecule has 0 spiro atoms. The van der Waals surface area contributed by atoms with Gasteiger partial charge in [-0.2, -0.15) is 8.78 Å². The second-order valence-corrected chi connectivity index (χ2v) is 7.20. The first-order valence-electron chi connectivity index (χ1n) is 7.50. The molecule has 1 saturated heterocycles. The van der Waals surface area contributed by atoms with Crippen molar-refractivity contribution in [3.63, 3.8) is 0 Å². The molecule has 1 aromatic carbocycles. The fourth-order valence-electron chi connectivity index (χ4n) is 3.76. The van der Waals surface area contributed by atoms with Gasteiger partial charge in [0.2, 0.25) is 0 Å². The number of rotatable bonds is 4. The van der Waals surface area contributed by atoms with Gasteiger partial charge in [-0.15, -0.1) is 0 Å². The predicted molar refractivity (Wildman–Crippen MR) is 81.6 cm³/mol. The molecule has 23 heavy (non-hydrogen) atoms. The molecule has 1 amide bonds. The minimum atomic E-state index is -2.50. The van der Waals surface area contributed by atoms with E-state index in [1.165, 1.54) is 24.3 Å². The maximum Gasteiger partial charge on any atom is 0.311 e. The zero-order chi connectivity index (χ0) is 16.6. The highest BCUT2D eigenvalue weighted by Crippen LogP contribution is 2.49. The molecule has 1 N–H and O–H groups in total. The third-order valence-electron chi connectivity index (χ3n) is 4.91. The van der Waals surface area contributed by atoms with E-state index in [1.54, 1.807) is 4.90 Å². The molecule has 1 heterocycles. The van der Waals surface area contributed by atoms with Crippen molar-refractivity contribution in [2.24, 2.45) is 11.3 Å². The average Bonchev–Trinajstić information content (AvgIpc) is 3.04. The van der Waals surface area contributed by atoms with Crippen molar-refractivity contribution in [1.29, 1.82) is 0 Å². The minimum Gasteiger partial charge on any atom is -0.481 e. The number of amides is 1. The smallest absolute Gasteiger partial charge is 0.311 e. The van der Waals surface area contributed by atoms with Crippen LogP contribution in [-0.2, 0) is 4.79 Å². The molecule has 4 nitrogen and oxygen atoms in total. The minimum absolute atomic E-state index is 0.0117. The summed E-state index contributed by atoms with van der Waals surface area (Å²) in [5, 5.41) is 9.55. The van der Waals surface area contributed by atoms with Crippen molar-refractivity contribution in [2.75, 3.05) is 13.1 Å². The number of aliphatic carboxylic acids is 1. The van der Waals surface area contributed by atoms with E-state index in [0.717, 1.165) is 12.8 Å². The molecule has 2 atom stereocenters. The van der Waals surface area contributed by atoms with Crippen molar-refractivity contribution >= 4 is 23.6 Å². The molecule has 0 bridgehead atoms. The van der Waals surface area contributed by atoms with Crippen LogP contribution in [0.2, 0.25) is 0 Å². The average molecular weight is 341 g/mol. The highest BCUT2D eigenvalue weighted by Gasteiger charge is 2.55. The van der Waals surface area contributed by atoms with Crippen molar-refractivity contribution in [2.45, 2.75) is 29.9 Å². The number of carboxylic acid groups (broad SMARTS) is 1. The predicted octanol–water partition coefficient (Wildman–Crippen LogP) is 3.33. The summed E-state index contributed by atoms with van der Waals surface area (Å²) >= 11 is 0.432. The van der Waals surface area contributed by atoms with E-state index in [-0.39, 0.29) is 18.4 Å². The third-order valence-corrected chi connectivity index (χ3v) is 5.63. The zero-order valence-corrected chi connectivity index (χ0v) is 13.2. The lowest BCUT2D eigenvalue weighted by atomic mass is 9.81. The molecule has 2 fully saturated rings. The van der Waals surface area contributed by atoms with E-state index in [2.05, 4.69) is 0 Å². The molecule has 7 heteroatoms. The van der Waals surface area contributed by atoms with Gasteiger partial charge in [-0.25, -0.2) is 0 Å². The number of hydrogen-bond donors (Lipinski definition) is 1. The summed E-state index contributed by atoms with van der Waals surface area (Å²) in [4.78, 5) is 26.2. The number of carbonyl (C=O) groups is 2. The largest absolute Gasteiger partial charge is 0.481 e. The molecule has 0 radical (unpaired) electrons.